The number of hydrogen-bond donors (Lipinski definition) is 2. The highest BCUT2D eigenvalue weighted by Crippen LogP contribution is 2.31. The molecule has 0 spiro atoms. The van der Waals surface area contributed by atoms with Gasteiger partial charge in [0, 0.05) is 10.8 Å². The predicted molar refractivity (Wildman–Crippen MR) is 48.9 cm³/mol. The molecule has 3 heteroatoms. The van der Waals surface area contributed by atoms with Crippen LogP contribution in [0.5, 0.6) is 0 Å². The van der Waals surface area contributed by atoms with E-state index in [9.17, 15) is 0 Å². The zero-order chi connectivity index (χ0) is 7.49. The van der Waals surface area contributed by atoms with Crippen molar-refractivity contribution in [3.8, 4) is 0 Å². The molecule has 1 atom stereocenters. The van der Waals surface area contributed by atoms with Crippen LogP contribution in [0.1, 0.15) is 27.2 Å². The molecule has 2 N–H and O–H groups in total. The molecular formula is C6H15NS2. The summed E-state index contributed by atoms with van der Waals surface area (Å²) in [5.74, 6) is 0. The zero-order valence-electron chi connectivity index (χ0n) is 6.22. The molecule has 0 heterocycles. The molecule has 0 aromatic rings. The van der Waals surface area contributed by atoms with Crippen LogP contribution in [-0.2, 0) is 0 Å². The van der Waals surface area contributed by atoms with Gasteiger partial charge in [0.15, 0.2) is 0 Å². The molecule has 0 aromatic heterocycles. The monoisotopic (exact) mass is 165 g/mol. The molecule has 0 amide bonds. The second-order valence-electron chi connectivity index (χ2n) is 3.03. The Labute approximate surface area is 66.6 Å². The lowest BCUT2D eigenvalue weighted by Crippen LogP contribution is -2.26. The van der Waals surface area contributed by atoms with E-state index >= 15 is 0 Å². The molecule has 0 aliphatic rings. The molecule has 0 saturated carbocycles. The first-order chi connectivity index (χ1) is 3.98. The molecule has 1 nitrogen and oxygen atoms in total. The second-order valence-corrected chi connectivity index (χ2v) is 4.87. The van der Waals surface area contributed by atoms with Crippen LogP contribution in [-0.4, -0.2) is 10.8 Å². The van der Waals surface area contributed by atoms with Gasteiger partial charge >= 0.3 is 0 Å². The quantitative estimate of drug-likeness (QED) is 0.494. The maximum absolute atomic E-state index is 5.61. The molecule has 1 unspecified atom stereocenters. The van der Waals surface area contributed by atoms with Crippen LogP contribution < -0.4 is 5.73 Å². The highest BCUT2D eigenvalue weighted by Gasteiger charge is 2.17. The predicted octanol–water partition coefficient (Wildman–Crippen LogP) is 2.08. The van der Waals surface area contributed by atoms with E-state index in [2.05, 4.69) is 25.5 Å². The average Bonchev–Trinajstić information content (AvgIpc) is 1.63. The highest BCUT2D eigenvalue weighted by molar-refractivity contribution is 8.69. The third-order valence-corrected chi connectivity index (χ3v) is 3.20. The fourth-order valence-corrected chi connectivity index (χ4v) is 1.37. The molecule has 0 radical (unpaired) electrons. The smallest absolute Gasteiger partial charge is 0.0219 e. The van der Waals surface area contributed by atoms with Gasteiger partial charge < -0.3 is 5.73 Å². The van der Waals surface area contributed by atoms with Crippen molar-refractivity contribution in [1.29, 1.82) is 0 Å². The van der Waals surface area contributed by atoms with Crippen molar-refractivity contribution >= 4 is 22.5 Å². The molecule has 9 heavy (non-hydrogen) atoms. The molecular weight excluding hydrogens is 150 g/mol. The molecule has 0 bridgehead atoms. The van der Waals surface area contributed by atoms with Gasteiger partial charge in [-0.3, -0.25) is 0 Å². The SMILES string of the molecule is CC(N)CC(C)(C)SS. The van der Waals surface area contributed by atoms with Crippen LogP contribution >= 0.6 is 22.5 Å². The first kappa shape index (κ1) is 9.66. The number of nitrogens with two attached hydrogens (primary N) is 1. The molecule has 56 valence electrons. The van der Waals surface area contributed by atoms with Gasteiger partial charge in [0.1, 0.15) is 0 Å². The molecule has 0 saturated heterocycles. The Balaban J connectivity index is 3.58. The van der Waals surface area contributed by atoms with Crippen LogP contribution in [0.4, 0.5) is 0 Å². The van der Waals surface area contributed by atoms with E-state index in [1.54, 1.807) is 10.8 Å². The Hall–Kier alpha value is 0.660. The van der Waals surface area contributed by atoms with E-state index in [1.165, 1.54) is 0 Å². The van der Waals surface area contributed by atoms with Crippen molar-refractivity contribution in [3.05, 3.63) is 0 Å². The third-order valence-electron chi connectivity index (χ3n) is 1.06. The topological polar surface area (TPSA) is 26.0 Å². The van der Waals surface area contributed by atoms with Gasteiger partial charge in [-0.2, -0.15) is 0 Å². The standard InChI is InChI=1S/C6H15NS2/c1-5(7)4-6(2,3)9-8/h5,8H,4,7H2,1-3H3. The number of rotatable bonds is 3. The van der Waals surface area contributed by atoms with Gasteiger partial charge in [-0.15, -0.1) is 11.7 Å². The fraction of sp³-hybridized carbons (Fsp3) is 1.00. The lowest BCUT2D eigenvalue weighted by Gasteiger charge is -2.22. The normalized spacial score (nSPS) is 15.7. The molecule has 0 rings (SSSR count). The Morgan fingerprint density at radius 1 is 1.67 bits per heavy atom. The van der Waals surface area contributed by atoms with Crippen molar-refractivity contribution in [3.63, 3.8) is 0 Å². The van der Waals surface area contributed by atoms with E-state index in [0.717, 1.165) is 6.42 Å². The van der Waals surface area contributed by atoms with Crippen LogP contribution in [0.15, 0.2) is 0 Å². The zero-order valence-corrected chi connectivity index (χ0v) is 7.93. The van der Waals surface area contributed by atoms with E-state index in [0.29, 0.717) is 0 Å². The van der Waals surface area contributed by atoms with Crippen LogP contribution in [0.25, 0.3) is 0 Å². The van der Waals surface area contributed by atoms with E-state index in [4.69, 9.17) is 5.73 Å². The highest BCUT2D eigenvalue weighted by atomic mass is 33.1. The number of thiol groups is 1. The Kier molecular flexibility index (Phi) is 4.01. The maximum Gasteiger partial charge on any atom is 0.0219 e. The van der Waals surface area contributed by atoms with Crippen molar-refractivity contribution in [2.24, 2.45) is 5.73 Å². The van der Waals surface area contributed by atoms with Gasteiger partial charge in [-0.25, -0.2) is 0 Å². The lowest BCUT2D eigenvalue weighted by molar-refractivity contribution is 0.562. The van der Waals surface area contributed by atoms with Crippen molar-refractivity contribution in [1.82, 2.24) is 0 Å². The average molecular weight is 165 g/mol. The summed E-state index contributed by atoms with van der Waals surface area (Å²) in [5, 5.41) is 0. The van der Waals surface area contributed by atoms with Crippen LogP contribution in [0.2, 0.25) is 0 Å². The first-order valence-corrected chi connectivity index (χ1v) is 4.93. The third kappa shape index (κ3) is 5.12. The van der Waals surface area contributed by atoms with E-state index in [-0.39, 0.29) is 10.8 Å². The lowest BCUT2D eigenvalue weighted by atomic mass is 10.1. The molecule has 0 aliphatic carbocycles. The Bertz CT molecular complexity index is 81.1. The minimum atomic E-state index is 0.220. The van der Waals surface area contributed by atoms with Crippen molar-refractivity contribution < 1.29 is 0 Å². The summed E-state index contributed by atoms with van der Waals surface area (Å²) in [6, 6.07) is 0.277. The molecule has 0 aromatic carbocycles. The van der Waals surface area contributed by atoms with Crippen molar-refractivity contribution in [2.45, 2.75) is 38.0 Å². The minimum Gasteiger partial charge on any atom is -0.328 e. The first-order valence-electron chi connectivity index (χ1n) is 3.06. The summed E-state index contributed by atoms with van der Waals surface area (Å²) >= 11 is 4.14. The largest absolute Gasteiger partial charge is 0.328 e. The number of hydrogen-bond acceptors (Lipinski definition) is 3. The summed E-state index contributed by atoms with van der Waals surface area (Å²) in [6.07, 6.45) is 1.02. The van der Waals surface area contributed by atoms with E-state index in [1.807, 2.05) is 6.92 Å². The van der Waals surface area contributed by atoms with Gasteiger partial charge in [0.05, 0.1) is 0 Å². The van der Waals surface area contributed by atoms with Gasteiger partial charge in [0.25, 0.3) is 0 Å². The summed E-state index contributed by atoms with van der Waals surface area (Å²) in [6.45, 7) is 6.31. The summed E-state index contributed by atoms with van der Waals surface area (Å²) in [7, 11) is 1.57. The summed E-state index contributed by atoms with van der Waals surface area (Å²) < 4.78 is 0.220. The second kappa shape index (κ2) is 3.74. The summed E-state index contributed by atoms with van der Waals surface area (Å²) in [4.78, 5) is 0. The Morgan fingerprint density at radius 3 is 2.22 bits per heavy atom. The summed E-state index contributed by atoms with van der Waals surface area (Å²) in [5.41, 5.74) is 5.61. The van der Waals surface area contributed by atoms with Gasteiger partial charge in [-0.1, -0.05) is 10.8 Å². The van der Waals surface area contributed by atoms with Crippen LogP contribution in [0, 0.1) is 0 Å². The molecule has 0 fully saturated rings. The van der Waals surface area contributed by atoms with E-state index < -0.39 is 0 Å². The maximum atomic E-state index is 5.61. The van der Waals surface area contributed by atoms with Gasteiger partial charge in [0.2, 0.25) is 0 Å². The minimum absolute atomic E-state index is 0.220. The van der Waals surface area contributed by atoms with Crippen LogP contribution in [0.3, 0.4) is 0 Å². The van der Waals surface area contributed by atoms with Gasteiger partial charge in [-0.05, 0) is 27.2 Å². The molecule has 0 aliphatic heterocycles. The fourth-order valence-electron chi connectivity index (χ4n) is 0.813. The Morgan fingerprint density at radius 2 is 2.11 bits per heavy atom. The van der Waals surface area contributed by atoms with Crippen molar-refractivity contribution in [2.75, 3.05) is 0 Å².